The molecule has 1 heterocycles. The lowest BCUT2D eigenvalue weighted by atomic mass is 9.94. The van der Waals surface area contributed by atoms with Crippen LogP contribution in [-0.4, -0.2) is 42.1 Å². The Labute approximate surface area is 108 Å². The highest BCUT2D eigenvalue weighted by molar-refractivity contribution is 9.09. The molecule has 3 atom stereocenters. The average Bonchev–Trinajstić information content (AvgIpc) is 2.31. The Bertz CT molecular complexity index is 206. The number of hydrogen-bond acceptors (Lipinski definition) is 2. The molecule has 0 aromatic rings. The van der Waals surface area contributed by atoms with Crippen LogP contribution in [0.1, 0.15) is 44.9 Å². The van der Waals surface area contributed by atoms with E-state index in [4.69, 9.17) is 4.74 Å². The van der Waals surface area contributed by atoms with Gasteiger partial charge in [0.15, 0.2) is 0 Å². The quantitative estimate of drug-likeness (QED) is 0.740. The van der Waals surface area contributed by atoms with Gasteiger partial charge in [-0.05, 0) is 39.2 Å². The Morgan fingerprint density at radius 3 is 2.56 bits per heavy atom. The number of likely N-dealkylation sites (N-methyl/N-ethyl adjacent to an activating group) is 1. The minimum absolute atomic E-state index is 0.486. The standard InChI is InChI=1S/C13H24BrNO/c1-15(10-11-6-4-5-9-16-11)13-8-3-2-7-12(13)14/h11-13H,2-10H2,1H3. The lowest BCUT2D eigenvalue weighted by molar-refractivity contribution is -0.0101. The summed E-state index contributed by atoms with van der Waals surface area (Å²) in [4.78, 5) is 3.21. The van der Waals surface area contributed by atoms with Crippen molar-refractivity contribution in [1.29, 1.82) is 0 Å². The molecule has 0 N–H and O–H groups in total. The van der Waals surface area contributed by atoms with Crippen LogP contribution in [0.5, 0.6) is 0 Å². The third-order valence-electron chi connectivity index (χ3n) is 3.98. The molecule has 1 saturated heterocycles. The van der Waals surface area contributed by atoms with Gasteiger partial charge in [0.25, 0.3) is 0 Å². The zero-order chi connectivity index (χ0) is 11.4. The zero-order valence-electron chi connectivity index (χ0n) is 10.3. The van der Waals surface area contributed by atoms with Gasteiger partial charge >= 0.3 is 0 Å². The fraction of sp³-hybridized carbons (Fsp3) is 1.00. The summed E-state index contributed by atoms with van der Waals surface area (Å²) in [6.07, 6.45) is 9.80. The van der Waals surface area contributed by atoms with Crippen LogP contribution in [0.2, 0.25) is 0 Å². The van der Waals surface area contributed by atoms with E-state index in [0.29, 0.717) is 10.9 Å². The van der Waals surface area contributed by atoms with Crippen molar-refractivity contribution in [3.63, 3.8) is 0 Å². The fourth-order valence-corrected chi connectivity index (χ4v) is 3.96. The smallest absolute Gasteiger partial charge is 0.0702 e. The minimum Gasteiger partial charge on any atom is -0.377 e. The summed E-state index contributed by atoms with van der Waals surface area (Å²) < 4.78 is 5.82. The number of ether oxygens (including phenoxy) is 1. The monoisotopic (exact) mass is 289 g/mol. The summed E-state index contributed by atoms with van der Waals surface area (Å²) in [5.41, 5.74) is 0. The molecule has 3 heteroatoms. The van der Waals surface area contributed by atoms with E-state index in [1.165, 1.54) is 44.9 Å². The lowest BCUT2D eigenvalue weighted by Gasteiger charge is -2.37. The van der Waals surface area contributed by atoms with Gasteiger partial charge in [-0.2, -0.15) is 0 Å². The molecule has 94 valence electrons. The van der Waals surface area contributed by atoms with Crippen LogP contribution in [0.3, 0.4) is 0 Å². The molecule has 1 saturated carbocycles. The van der Waals surface area contributed by atoms with Gasteiger partial charge in [-0.1, -0.05) is 28.8 Å². The van der Waals surface area contributed by atoms with E-state index in [9.17, 15) is 0 Å². The van der Waals surface area contributed by atoms with Crippen molar-refractivity contribution in [1.82, 2.24) is 4.90 Å². The molecule has 2 rings (SSSR count). The van der Waals surface area contributed by atoms with Crippen molar-refractivity contribution in [3.8, 4) is 0 Å². The predicted octanol–water partition coefficient (Wildman–Crippen LogP) is 3.19. The molecular weight excluding hydrogens is 266 g/mol. The Hall–Kier alpha value is 0.400. The van der Waals surface area contributed by atoms with Crippen LogP contribution in [0.4, 0.5) is 0 Å². The van der Waals surface area contributed by atoms with Crippen LogP contribution < -0.4 is 0 Å². The fourth-order valence-electron chi connectivity index (χ4n) is 2.97. The van der Waals surface area contributed by atoms with Crippen molar-refractivity contribution in [3.05, 3.63) is 0 Å². The van der Waals surface area contributed by atoms with Gasteiger partial charge in [0, 0.05) is 24.0 Å². The molecule has 0 aromatic carbocycles. The van der Waals surface area contributed by atoms with Crippen LogP contribution in [0, 0.1) is 0 Å². The molecule has 0 spiro atoms. The molecule has 3 unspecified atom stereocenters. The second-order valence-corrected chi connectivity index (χ2v) is 6.47. The van der Waals surface area contributed by atoms with Gasteiger partial charge in [0.1, 0.15) is 0 Å². The van der Waals surface area contributed by atoms with E-state index >= 15 is 0 Å². The minimum atomic E-state index is 0.486. The Balaban J connectivity index is 1.78. The van der Waals surface area contributed by atoms with Gasteiger partial charge in [-0.3, -0.25) is 4.90 Å². The zero-order valence-corrected chi connectivity index (χ0v) is 11.9. The van der Waals surface area contributed by atoms with E-state index in [1.54, 1.807) is 0 Å². The second kappa shape index (κ2) is 6.36. The summed E-state index contributed by atoms with van der Waals surface area (Å²) >= 11 is 3.84. The van der Waals surface area contributed by atoms with Gasteiger partial charge in [0.05, 0.1) is 6.10 Å². The third-order valence-corrected chi connectivity index (χ3v) is 5.05. The van der Waals surface area contributed by atoms with E-state index in [0.717, 1.165) is 19.2 Å². The molecule has 1 aliphatic carbocycles. The second-order valence-electron chi connectivity index (χ2n) is 5.30. The number of halogens is 1. The van der Waals surface area contributed by atoms with Crippen LogP contribution >= 0.6 is 15.9 Å². The summed E-state index contributed by atoms with van der Waals surface area (Å²) in [5, 5.41) is 0. The Kier molecular flexibility index (Phi) is 5.11. The Morgan fingerprint density at radius 2 is 1.88 bits per heavy atom. The van der Waals surface area contributed by atoms with Crippen molar-refractivity contribution in [2.45, 2.75) is 61.9 Å². The lowest BCUT2D eigenvalue weighted by Crippen LogP contribution is -2.45. The van der Waals surface area contributed by atoms with Gasteiger partial charge in [-0.25, -0.2) is 0 Å². The topological polar surface area (TPSA) is 12.5 Å². The van der Waals surface area contributed by atoms with Gasteiger partial charge in [0.2, 0.25) is 0 Å². The number of rotatable bonds is 3. The van der Waals surface area contributed by atoms with Crippen molar-refractivity contribution in [2.75, 3.05) is 20.2 Å². The molecule has 1 aliphatic heterocycles. The number of hydrogen-bond donors (Lipinski definition) is 0. The highest BCUT2D eigenvalue weighted by Gasteiger charge is 2.28. The maximum absolute atomic E-state index is 5.82. The molecule has 0 radical (unpaired) electrons. The summed E-state index contributed by atoms with van der Waals surface area (Å²) in [5.74, 6) is 0. The third kappa shape index (κ3) is 3.44. The molecule has 0 bridgehead atoms. The molecular formula is C13H24BrNO. The Morgan fingerprint density at radius 1 is 1.12 bits per heavy atom. The summed E-state index contributed by atoms with van der Waals surface area (Å²) in [7, 11) is 2.27. The van der Waals surface area contributed by atoms with Gasteiger partial charge in [-0.15, -0.1) is 0 Å². The summed E-state index contributed by atoms with van der Waals surface area (Å²) in [6, 6.07) is 0.722. The van der Waals surface area contributed by atoms with E-state index < -0.39 is 0 Å². The molecule has 0 aromatic heterocycles. The van der Waals surface area contributed by atoms with Crippen molar-refractivity contribution >= 4 is 15.9 Å². The highest BCUT2D eigenvalue weighted by atomic mass is 79.9. The maximum atomic E-state index is 5.82. The first-order chi connectivity index (χ1) is 7.77. The van der Waals surface area contributed by atoms with E-state index in [1.807, 2.05) is 0 Å². The van der Waals surface area contributed by atoms with E-state index in [2.05, 4.69) is 27.9 Å². The first kappa shape index (κ1) is 12.8. The average molecular weight is 290 g/mol. The van der Waals surface area contributed by atoms with Crippen LogP contribution in [-0.2, 0) is 4.74 Å². The van der Waals surface area contributed by atoms with E-state index in [-0.39, 0.29) is 0 Å². The van der Waals surface area contributed by atoms with Crippen molar-refractivity contribution < 1.29 is 4.74 Å². The maximum Gasteiger partial charge on any atom is 0.0702 e. The SMILES string of the molecule is CN(CC1CCCCO1)C1CCCCC1Br. The number of nitrogens with zero attached hydrogens (tertiary/aromatic N) is 1. The molecule has 2 fully saturated rings. The van der Waals surface area contributed by atoms with Gasteiger partial charge < -0.3 is 4.74 Å². The largest absolute Gasteiger partial charge is 0.377 e. The molecule has 2 nitrogen and oxygen atoms in total. The predicted molar refractivity (Wildman–Crippen MR) is 71.2 cm³/mol. The first-order valence-electron chi connectivity index (χ1n) is 6.73. The number of alkyl halides is 1. The molecule has 0 amide bonds. The normalized spacial score (nSPS) is 36.6. The summed E-state index contributed by atoms with van der Waals surface area (Å²) in [6.45, 7) is 2.09. The van der Waals surface area contributed by atoms with Crippen molar-refractivity contribution in [2.24, 2.45) is 0 Å². The highest BCUT2D eigenvalue weighted by Crippen LogP contribution is 2.28. The molecule has 16 heavy (non-hydrogen) atoms. The molecule has 2 aliphatic rings. The first-order valence-corrected chi connectivity index (χ1v) is 7.65. The van der Waals surface area contributed by atoms with Crippen LogP contribution in [0.15, 0.2) is 0 Å². The van der Waals surface area contributed by atoms with Crippen LogP contribution in [0.25, 0.3) is 0 Å².